The molecule has 0 radical (unpaired) electrons. The molecule has 19 heavy (non-hydrogen) atoms. The number of hydrazine groups is 1. The van der Waals surface area contributed by atoms with E-state index in [0.717, 1.165) is 4.47 Å². The minimum Gasteiger partial charge on any atom is -0.310 e. The number of nitrogens with two attached hydrogens (primary N) is 1. The van der Waals surface area contributed by atoms with Gasteiger partial charge in [-0.1, -0.05) is 34.6 Å². The van der Waals surface area contributed by atoms with Gasteiger partial charge in [0.1, 0.15) is 0 Å². The zero-order valence-electron chi connectivity index (χ0n) is 10.0. The molecule has 6 nitrogen and oxygen atoms in total. The number of urea groups is 1. The molecule has 0 saturated heterocycles. The Morgan fingerprint density at radius 2 is 1.89 bits per heavy atom. The number of hydrogen-bond acceptors (Lipinski definition) is 4. The molecule has 0 saturated carbocycles. The van der Waals surface area contributed by atoms with Gasteiger partial charge >= 0.3 is 6.03 Å². The van der Waals surface area contributed by atoms with Crippen molar-refractivity contribution in [1.82, 2.24) is 10.7 Å². The van der Waals surface area contributed by atoms with Crippen LogP contribution in [0.25, 0.3) is 0 Å². The normalized spacial score (nSPS) is 10.8. The van der Waals surface area contributed by atoms with Crippen LogP contribution in [0.2, 0.25) is 0 Å². The van der Waals surface area contributed by atoms with Crippen LogP contribution >= 0.6 is 15.9 Å². The number of nitrogens with one attached hydrogen (secondary N) is 2. The van der Waals surface area contributed by atoms with Gasteiger partial charge in [0.05, 0.1) is 11.5 Å². The summed E-state index contributed by atoms with van der Waals surface area (Å²) in [6.07, 6.45) is 0. The topological polar surface area (TPSA) is 101 Å². The number of rotatable bonds is 5. The number of halogens is 1. The van der Waals surface area contributed by atoms with Gasteiger partial charge in [-0.3, -0.25) is 5.43 Å². The predicted octanol–water partition coefficient (Wildman–Crippen LogP) is 1.05. The lowest BCUT2D eigenvalue weighted by Gasteiger charge is -2.08. The maximum absolute atomic E-state index is 11.9. The summed E-state index contributed by atoms with van der Waals surface area (Å²) in [5.74, 6) is 4.41. The van der Waals surface area contributed by atoms with Crippen LogP contribution in [0.1, 0.15) is 5.56 Å². The summed E-state index contributed by atoms with van der Waals surface area (Å²) in [7, 11) is -3.40. The highest BCUT2D eigenvalue weighted by atomic mass is 79.9. The molecular weight excluding hydrogens is 334 g/mol. The molecule has 0 heterocycles. The largest absolute Gasteiger partial charge is 0.333 e. The molecule has 0 unspecified atom stereocenters. The second-order valence-corrected chi connectivity index (χ2v) is 6.84. The van der Waals surface area contributed by atoms with Crippen LogP contribution in [0.3, 0.4) is 0 Å². The summed E-state index contributed by atoms with van der Waals surface area (Å²) in [5, 5.41) is 2.22. The van der Waals surface area contributed by atoms with E-state index in [1.807, 2.05) is 5.43 Å². The quantitative estimate of drug-likeness (QED) is 0.421. The number of carbonyl (C=O) groups excluding carboxylic acids is 1. The summed E-state index contributed by atoms with van der Waals surface area (Å²) in [4.78, 5) is 10.9. The third-order valence-electron chi connectivity index (χ3n) is 2.12. The average Bonchev–Trinajstić information content (AvgIpc) is 2.30. The number of sulfone groups is 1. The molecule has 0 fully saturated rings. The first-order chi connectivity index (χ1) is 8.82. The predicted molar refractivity (Wildman–Crippen MR) is 76.6 cm³/mol. The van der Waals surface area contributed by atoms with Crippen LogP contribution in [-0.4, -0.2) is 20.2 Å². The fourth-order valence-electron chi connectivity index (χ4n) is 1.38. The summed E-state index contributed by atoms with van der Waals surface area (Å²) in [6.45, 7) is 3.47. The molecule has 2 amide bonds. The van der Waals surface area contributed by atoms with Gasteiger partial charge in [0, 0.05) is 10.2 Å². The first-order valence-corrected chi connectivity index (χ1v) is 7.84. The average molecular weight is 348 g/mol. The Labute approximate surface area is 120 Å². The van der Waals surface area contributed by atoms with Crippen LogP contribution in [0, 0.1) is 0 Å². The molecule has 1 aromatic rings. The molecule has 0 spiro atoms. The van der Waals surface area contributed by atoms with Crippen molar-refractivity contribution in [2.24, 2.45) is 5.84 Å². The maximum Gasteiger partial charge on any atom is 0.333 e. The lowest BCUT2D eigenvalue weighted by Crippen LogP contribution is -2.40. The van der Waals surface area contributed by atoms with Crippen LogP contribution < -0.4 is 16.6 Å². The highest BCUT2D eigenvalue weighted by molar-refractivity contribution is 9.10. The van der Waals surface area contributed by atoms with Crippen LogP contribution in [-0.2, 0) is 15.6 Å². The zero-order valence-corrected chi connectivity index (χ0v) is 12.4. The van der Waals surface area contributed by atoms with E-state index in [2.05, 4.69) is 27.8 Å². The van der Waals surface area contributed by atoms with Crippen molar-refractivity contribution >= 4 is 31.8 Å². The Kier molecular flexibility index (Phi) is 5.52. The van der Waals surface area contributed by atoms with Crippen molar-refractivity contribution < 1.29 is 13.2 Å². The highest BCUT2D eigenvalue weighted by Crippen LogP contribution is 2.13. The number of benzene rings is 1. The van der Waals surface area contributed by atoms with Gasteiger partial charge in [-0.25, -0.2) is 19.1 Å². The van der Waals surface area contributed by atoms with E-state index in [1.54, 1.807) is 24.3 Å². The molecule has 1 rings (SSSR count). The lowest BCUT2D eigenvalue weighted by molar-refractivity contribution is 0.243. The fourth-order valence-corrected chi connectivity index (χ4v) is 3.05. The first-order valence-electron chi connectivity index (χ1n) is 5.22. The van der Waals surface area contributed by atoms with Gasteiger partial charge in [0.15, 0.2) is 9.84 Å². The maximum atomic E-state index is 11.9. The first kappa shape index (κ1) is 15.7. The zero-order chi connectivity index (χ0) is 14.5. The fraction of sp³-hybridized carbons (Fsp3) is 0.182. The van der Waals surface area contributed by atoms with Crippen LogP contribution in [0.4, 0.5) is 4.79 Å². The van der Waals surface area contributed by atoms with Crippen LogP contribution in [0.15, 0.2) is 41.0 Å². The monoisotopic (exact) mass is 347 g/mol. The van der Waals surface area contributed by atoms with Gasteiger partial charge in [-0.05, 0) is 17.7 Å². The molecular formula is C11H14BrN3O3S. The van der Waals surface area contributed by atoms with Gasteiger partial charge in [0.2, 0.25) is 0 Å². The van der Waals surface area contributed by atoms with E-state index < -0.39 is 15.9 Å². The van der Waals surface area contributed by atoms with Crippen LogP contribution in [0.5, 0.6) is 0 Å². The van der Waals surface area contributed by atoms with E-state index in [0.29, 0.717) is 5.56 Å². The van der Waals surface area contributed by atoms with Crippen molar-refractivity contribution in [2.45, 2.75) is 5.75 Å². The third kappa shape index (κ3) is 5.86. The molecule has 0 aliphatic rings. The standard InChI is InChI=1S/C11H14BrN3O3S/c1-8(14-11(16)15-13)6-19(17,18)7-9-2-4-10(12)5-3-9/h2-5H,1,6-7,13H2,(H2,14,15,16). The van der Waals surface area contributed by atoms with E-state index >= 15 is 0 Å². The Morgan fingerprint density at radius 1 is 1.32 bits per heavy atom. The van der Waals surface area contributed by atoms with Gasteiger partial charge < -0.3 is 5.32 Å². The molecule has 8 heteroatoms. The smallest absolute Gasteiger partial charge is 0.310 e. The van der Waals surface area contributed by atoms with Gasteiger partial charge in [-0.15, -0.1) is 0 Å². The molecule has 0 aromatic heterocycles. The SMILES string of the molecule is C=C(CS(=O)(=O)Cc1ccc(Br)cc1)NC(=O)NN. The van der Waals surface area contributed by atoms with Crippen molar-refractivity contribution in [1.29, 1.82) is 0 Å². The number of carbonyl (C=O) groups is 1. The lowest BCUT2D eigenvalue weighted by atomic mass is 10.2. The molecule has 0 aliphatic carbocycles. The molecule has 0 bridgehead atoms. The summed E-state index contributed by atoms with van der Waals surface area (Å²) < 4.78 is 24.7. The van der Waals surface area contributed by atoms with Crippen molar-refractivity contribution in [3.05, 3.63) is 46.6 Å². The highest BCUT2D eigenvalue weighted by Gasteiger charge is 2.15. The molecule has 0 aliphatic heterocycles. The van der Waals surface area contributed by atoms with Crippen molar-refractivity contribution in [2.75, 3.05) is 5.75 Å². The molecule has 4 N–H and O–H groups in total. The Morgan fingerprint density at radius 3 is 2.42 bits per heavy atom. The van der Waals surface area contributed by atoms with E-state index in [9.17, 15) is 13.2 Å². The summed E-state index contributed by atoms with van der Waals surface area (Å²) in [5.41, 5.74) is 2.56. The summed E-state index contributed by atoms with van der Waals surface area (Å²) >= 11 is 3.27. The van der Waals surface area contributed by atoms with Crippen molar-refractivity contribution in [3.8, 4) is 0 Å². The third-order valence-corrected chi connectivity index (χ3v) is 4.21. The van der Waals surface area contributed by atoms with Gasteiger partial charge in [-0.2, -0.15) is 0 Å². The van der Waals surface area contributed by atoms with Gasteiger partial charge in [0.25, 0.3) is 0 Å². The van der Waals surface area contributed by atoms with E-state index in [1.165, 1.54) is 0 Å². The Bertz CT molecular complexity index is 569. The minimum atomic E-state index is -3.40. The molecule has 104 valence electrons. The van der Waals surface area contributed by atoms with Crippen molar-refractivity contribution in [3.63, 3.8) is 0 Å². The van der Waals surface area contributed by atoms with E-state index in [4.69, 9.17) is 5.84 Å². The second-order valence-electron chi connectivity index (χ2n) is 3.86. The Hall–Kier alpha value is -1.38. The number of hydrogen-bond donors (Lipinski definition) is 3. The Balaban J connectivity index is 2.64. The molecule has 0 atom stereocenters. The number of amides is 2. The molecule has 1 aromatic carbocycles. The second kappa shape index (κ2) is 6.69. The minimum absolute atomic E-state index is 0.0695. The van der Waals surface area contributed by atoms with E-state index in [-0.39, 0.29) is 17.2 Å². The summed E-state index contributed by atoms with van der Waals surface area (Å²) in [6, 6.07) is 6.25.